The van der Waals surface area contributed by atoms with Crippen LogP contribution in [0.3, 0.4) is 0 Å². The number of benzene rings is 2. The highest BCUT2D eigenvalue weighted by Gasteiger charge is 2.35. The Morgan fingerprint density at radius 1 is 1.17 bits per heavy atom. The standard InChI is InChI=1S/C21H20BrNO5S/c1-3-27-18-10-14(16(22)12-17(18)24)11-19-20(25)23(21(26)29-19)8-9-28-15-6-4-13(2)5-7-15/h4-7,10-12,24H,3,8-9H2,1-2H3/b19-11-. The number of phenolic OH excluding ortho intramolecular Hbond substituents is 1. The van der Waals surface area contributed by atoms with Gasteiger partial charge in [0.25, 0.3) is 11.1 Å². The minimum atomic E-state index is -0.370. The molecule has 3 rings (SSSR count). The maximum absolute atomic E-state index is 12.7. The van der Waals surface area contributed by atoms with Crippen molar-refractivity contribution in [2.45, 2.75) is 13.8 Å². The van der Waals surface area contributed by atoms with Gasteiger partial charge in [0, 0.05) is 4.47 Å². The van der Waals surface area contributed by atoms with Crippen LogP contribution in [-0.4, -0.2) is 40.9 Å². The minimum Gasteiger partial charge on any atom is -0.504 e. The molecule has 0 unspecified atom stereocenters. The highest BCUT2D eigenvalue weighted by molar-refractivity contribution is 9.10. The smallest absolute Gasteiger partial charge is 0.293 e. The SMILES string of the molecule is CCOc1cc(/C=C2\SC(=O)N(CCOc3ccc(C)cc3)C2=O)c(Br)cc1O. The molecule has 2 aromatic rings. The molecule has 1 saturated heterocycles. The zero-order valence-corrected chi connectivity index (χ0v) is 18.4. The van der Waals surface area contributed by atoms with Gasteiger partial charge in [-0.2, -0.15) is 0 Å². The summed E-state index contributed by atoms with van der Waals surface area (Å²) in [6, 6.07) is 10.7. The topological polar surface area (TPSA) is 76.1 Å². The van der Waals surface area contributed by atoms with Gasteiger partial charge in [0.15, 0.2) is 11.5 Å². The van der Waals surface area contributed by atoms with Crippen molar-refractivity contribution in [1.82, 2.24) is 4.90 Å². The molecule has 0 aliphatic carbocycles. The monoisotopic (exact) mass is 477 g/mol. The summed E-state index contributed by atoms with van der Waals surface area (Å²) in [5.74, 6) is 0.630. The van der Waals surface area contributed by atoms with Crippen molar-refractivity contribution in [3.8, 4) is 17.2 Å². The molecule has 152 valence electrons. The molecule has 1 heterocycles. The Bertz CT molecular complexity index is 958. The summed E-state index contributed by atoms with van der Waals surface area (Å²) < 4.78 is 11.6. The average Bonchev–Trinajstić information content (AvgIpc) is 2.94. The van der Waals surface area contributed by atoms with Gasteiger partial charge in [0.05, 0.1) is 18.1 Å². The molecule has 0 radical (unpaired) electrons. The van der Waals surface area contributed by atoms with Crippen LogP contribution in [0, 0.1) is 6.92 Å². The van der Waals surface area contributed by atoms with Crippen LogP contribution in [0.2, 0.25) is 0 Å². The average molecular weight is 478 g/mol. The molecule has 1 aliphatic heterocycles. The molecule has 2 amide bonds. The van der Waals surface area contributed by atoms with Crippen LogP contribution < -0.4 is 9.47 Å². The first-order valence-corrected chi connectivity index (χ1v) is 10.6. The quantitative estimate of drug-likeness (QED) is 0.566. The number of hydrogen-bond donors (Lipinski definition) is 1. The van der Waals surface area contributed by atoms with Crippen LogP contribution in [0.1, 0.15) is 18.1 Å². The Balaban J connectivity index is 1.69. The Kier molecular flexibility index (Phi) is 6.87. The van der Waals surface area contributed by atoms with E-state index in [1.807, 2.05) is 38.1 Å². The summed E-state index contributed by atoms with van der Waals surface area (Å²) in [6.07, 6.45) is 1.61. The van der Waals surface area contributed by atoms with Gasteiger partial charge in [-0.1, -0.05) is 33.6 Å². The van der Waals surface area contributed by atoms with E-state index in [1.54, 1.807) is 12.1 Å². The fraction of sp³-hybridized carbons (Fsp3) is 0.238. The summed E-state index contributed by atoms with van der Waals surface area (Å²) >= 11 is 4.24. The number of rotatable bonds is 7. The Morgan fingerprint density at radius 3 is 2.59 bits per heavy atom. The number of ether oxygens (including phenoxy) is 2. The van der Waals surface area contributed by atoms with Crippen LogP contribution >= 0.6 is 27.7 Å². The number of carbonyl (C=O) groups is 2. The molecule has 1 N–H and O–H groups in total. The van der Waals surface area contributed by atoms with Gasteiger partial charge in [0.1, 0.15) is 12.4 Å². The maximum Gasteiger partial charge on any atom is 0.293 e. The van der Waals surface area contributed by atoms with Gasteiger partial charge >= 0.3 is 0 Å². The molecule has 1 fully saturated rings. The predicted molar refractivity (Wildman–Crippen MR) is 116 cm³/mol. The summed E-state index contributed by atoms with van der Waals surface area (Å²) in [6.45, 7) is 4.57. The molecular formula is C21H20BrNO5S. The lowest BCUT2D eigenvalue weighted by molar-refractivity contribution is -0.123. The highest BCUT2D eigenvalue weighted by Crippen LogP contribution is 2.37. The van der Waals surface area contributed by atoms with E-state index in [-0.39, 0.29) is 30.0 Å². The Labute approximate surface area is 181 Å². The Hall–Kier alpha value is -2.45. The third-order valence-corrected chi connectivity index (χ3v) is 5.74. The number of carbonyl (C=O) groups excluding carboxylic acids is 2. The van der Waals surface area contributed by atoms with E-state index in [0.29, 0.717) is 33.0 Å². The van der Waals surface area contributed by atoms with Crippen molar-refractivity contribution in [3.63, 3.8) is 0 Å². The number of aromatic hydroxyl groups is 1. The predicted octanol–water partition coefficient (Wildman–Crippen LogP) is 4.98. The third-order valence-electron chi connectivity index (χ3n) is 4.14. The first kappa shape index (κ1) is 21.3. The van der Waals surface area contributed by atoms with Crippen molar-refractivity contribution >= 4 is 44.9 Å². The molecular weight excluding hydrogens is 458 g/mol. The van der Waals surface area contributed by atoms with E-state index in [4.69, 9.17) is 9.47 Å². The van der Waals surface area contributed by atoms with Gasteiger partial charge in [-0.25, -0.2) is 0 Å². The van der Waals surface area contributed by atoms with Gasteiger partial charge in [-0.15, -0.1) is 0 Å². The van der Waals surface area contributed by atoms with Crippen molar-refractivity contribution < 1.29 is 24.2 Å². The molecule has 0 saturated carbocycles. The second kappa shape index (κ2) is 9.37. The van der Waals surface area contributed by atoms with Gasteiger partial charge in [-0.05, 0) is 61.5 Å². The molecule has 29 heavy (non-hydrogen) atoms. The Morgan fingerprint density at radius 2 is 1.90 bits per heavy atom. The number of nitrogens with zero attached hydrogens (tertiary/aromatic N) is 1. The fourth-order valence-corrected chi connectivity index (χ4v) is 3.97. The van der Waals surface area contributed by atoms with Gasteiger partial charge < -0.3 is 14.6 Å². The third kappa shape index (κ3) is 5.13. The number of amides is 2. The lowest BCUT2D eigenvalue weighted by Crippen LogP contribution is -2.32. The molecule has 0 spiro atoms. The normalized spacial score (nSPS) is 15.3. The zero-order valence-electron chi connectivity index (χ0n) is 16.0. The number of phenols is 1. The van der Waals surface area contributed by atoms with Crippen molar-refractivity contribution in [2.24, 2.45) is 0 Å². The van der Waals surface area contributed by atoms with Crippen LogP contribution in [0.5, 0.6) is 17.2 Å². The van der Waals surface area contributed by atoms with Crippen molar-refractivity contribution in [3.05, 3.63) is 56.9 Å². The zero-order chi connectivity index (χ0) is 21.0. The van der Waals surface area contributed by atoms with Crippen molar-refractivity contribution in [2.75, 3.05) is 19.8 Å². The van der Waals surface area contributed by atoms with E-state index in [1.165, 1.54) is 11.0 Å². The lowest BCUT2D eigenvalue weighted by atomic mass is 10.2. The number of aryl methyl sites for hydroxylation is 1. The summed E-state index contributed by atoms with van der Waals surface area (Å²) in [7, 11) is 0. The van der Waals surface area contributed by atoms with Gasteiger partial charge in [-0.3, -0.25) is 14.5 Å². The number of imide groups is 1. The largest absolute Gasteiger partial charge is 0.504 e. The molecule has 6 nitrogen and oxygen atoms in total. The molecule has 0 bridgehead atoms. The molecule has 0 atom stereocenters. The van der Waals surface area contributed by atoms with E-state index < -0.39 is 0 Å². The summed E-state index contributed by atoms with van der Waals surface area (Å²) in [5, 5.41) is 9.59. The van der Waals surface area contributed by atoms with Crippen LogP contribution in [0.15, 0.2) is 45.8 Å². The van der Waals surface area contributed by atoms with E-state index >= 15 is 0 Å². The first-order valence-electron chi connectivity index (χ1n) is 8.99. The maximum atomic E-state index is 12.7. The van der Waals surface area contributed by atoms with Crippen LogP contribution in [0.4, 0.5) is 4.79 Å². The van der Waals surface area contributed by atoms with Gasteiger partial charge in [0.2, 0.25) is 0 Å². The number of hydrogen-bond acceptors (Lipinski definition) is 6. The molecule has 2 aromatic carbocycles. The first-order chi connectivity index (χ1) is 13.9. The van der Waals surface area contributed by atoms with Crippen molar-refractivity contribution in [1.29, 1.82) is 0 Å². The summed E-state index contributed by atoms with van der Waals surface area (Å²) in [5.41, 5.74) is 1.76. The fourth-order valence-electron chi connectivity index (χ4n) is 2.66. The number of halogens is 1. The second-order valence-corrected chi connectivity index (χ2v) is 8.12. The van der Waals surface area contributed by atoms with E-state index in [9.17, 15) is 14.7 Å². The molecule has 1 aliphatic rings. The lowest BCUT2D eigenvalue weighted by Gasteiger charge is -2.13. The van der Waals surface area contributed by atoms with Crippen LogP contribution in [-0.2, 0) is 4.79 Å². The van der Waals surface area contributed by atoms with E-state index in [2.05, 4.69) is 15.9 Å². The summed E-state index contributed by atoms with van der Waals surface area (Å²) in [4.78, 5) is 26.4. The molecule has 8 heteroatoms. The van der Waals surface area contributed by atoms with Crippen LogP contribution in [0.25, 0.3) is 6.08 Å². The minimum absolute atomic E-state index is 0.00256. The number of thioether (sulfide) groups is 1. The van der Waals surface area contributed by atoms with E-state index in [0.717, 1.165) is 17.3 Å². The highest BCUT2D eigenvalue weighted by atomic mass is 79.9. The second-order valence-electron chi connectivity index (χ2n) is 6.27. The molecule has 0 aromatic heterocycles.